The van der Waals surface area contributed by atoms with Gasteiger partial charge >= 0.3 is 0 Å². The first-order chi connectivity index (χ1) is 13.6. The van der Waals surface area contributed by atoms with Gasteiger partial charge in [-0.05, 0) is 55.7 Å². The molecule has 1 aliphatic rings. The maximum absolute atomic E-state index is 13.3. The number of hydrogen-bond acceptors (Lipinski definition) is 4. The molecule has 4 rings (SSSR count). The second-order valence-electron chi connectivity index (χ2n) is 7.13. The van der Waals surface area contributed by atoms with Crippen molar-refractivity contribution < 1.29 is 9.53 Å². The molecule has 5 nitrogen and oxygen atoms in total. The Morgan fingerprint density at radius 1 is 1.21 bits per heavy atom. The number of aromatic nitrogens is 2. The summed E-state index contributed by atoms with van der Waals surface area (Å²) in [5.74, 6) is -0.0185. The third kappa shape index (κ3) is 4.08. The van der Waals surface area contributed by atoms with Gasteiger partial charge in [0.05, 0.1) is 22.9 Å². The van der Waals surface area contributed by atoms with E-state index in [1.807, 2.05) is 43.4 Å². The predicted molar refractivity (Wildman–Crippen MR) is 113 cm³/mol. The molecular weight excluding hydrogens is 418 g/mol. The van der Waals surface area contributed by atoms with E-state index in [0.29, 0.717) is 12.1 Å². The van der Waals surface area contributed by atoms with E-state index < -0.39 is 0 Å². The van der Waals surface area contributed by atoms with Crippen molar-refractivity contribution >= 4 is 32.7 Å². The monoisotopic (exact) mass is 439 g/mol. The maximum Gasteiger partial charge on any atom is 0.254 e. The Kier molecular flexibility index (Phi) is 5.69. The highest BCUT2D eigenvalue weighted by molar-refractivity contribution is 9.10. The minimum Gasteiger partial charge on any atom is -0.376 e. The minimum absolute atomic E-state index is 0.0185. The van der Waals surface area contributed by atoms with Crippen LogP contribution in [0.25, 0.3) is 22.2 Å². The Morgan fingerprint density at radius 3 is 2.79 bits per heavy atom. The molecule has 1 aliphatic heterocycles. The number of nitrogens with zero attached hydrogens (tertiary/aromatic N) is 3. The van der Waals surface area contributed by atoms with E-state index in [1.165, 1.54) is 0 Å². The van der Waals surface area contributed by atoms with Crippen molar-refractivity contribution in [3.05, 3.63) is 58.8 Å². The zero-order valence-electron chi connectivity index (χ0n) is 15.8. The van der Waals surface area contributed by atoms with Gasteiger partial charge in [-0.25, -0.2) is 4.98 Å². The summed E-state index contributed by atoms with van der Waals surface area (Å²) in [5.41, 5.74) is 3.15. The fourth-order valence-corrected chi connectivity index (χ4v) is 3.95. The van der Waals surface area contributed by atoms with Crippen LogP contribution in [0.4, 0.5) is 0 Å². The third-order valence-corrected chi connectivity index (χ3v) is 5.57. The lowest BCUT2D eigenvalue weighted by Crippen LogP contribution is -2.37. The molecular formula is C22H22BrN3O2. The van der Waals surface area contributed by atoms with Gasteiger partial charge in [-0.1, -0.05) is 15.9 Å². The van der Waals surface area contributed by atoms with Crippen LogP contribution in [-0.4, -0.2) is 47.1 Å². The van der Waals surface area contributed by atoms with Crippen molar-refractivity contribution in [1.29, 1.82) is 0 Å². The number of carbonyl (C=O) groups is 1. The summed E-state index contributed by atoms with van der Waals surface area (Å²) >= 11 is 3.51. The standard InChI is InChI=1S/C22H22BrN3O2/c1-26(14-17-4-2-3-11-28-17)22(27)19-13-21(15-7-9-24-10-8-15)25-20-6-5-16(23)12-18(19)20/h5-10,12-13,17H,2-4,11,14H2,1H3. The highest BCUT2D eigenvalue weighted by Crippen LogP contribution is 2.28. The summed E-state index contributed by atoms with van der Waals surface area (Å²) in [6.07, 6.45) is 6.84. The summed E-state index contributed by atoms with van der Waals surface area (Å²) in [6, 6.07) is 11.5. The average molecular weight is 440 g/mol. The van der Waals surface area contributed by atoms with E-state index >= 15 is 0 Å². The van der Waals surface area contributed by atoms with Crippen molar-refractivity contribution in [1.82, 2.24) is 14.9 Å². The number of ether oxygens (including phenoxy) is 1. The summed E-state index contributed by atoms with van der Waals surface area (Å²) in [5, 5.41) is 0.841. The van der Waals surface area contributed by atoms with Crippen molar-refractivity contribution in [2.24, 2.45) is 0 Å². The maximum atomic E-state index is 13.3. The summed E-state index contributed by atoms with van der Waals surface area (Å²) in [7, 11) is 1.84. The molecule has 1 aromatic carbocycles. The molecule has 1 unspecified atom stereocenters. The number of pyridine rings is 2. The Labute approximate surface area is 172 Å². The quantitative estimate of drug-likeness (QED) is 0.590. The molecule has 3 aromatic rings. The molecule has 1 amide bonds. The Hall–Kier alpha value is -2.31. The normalized spacial score (nSPS) is 16.9. The highest BCUT2D eigenvalue weighted by atomic mass is 79.9. The number of rotatable bonds is 4. The van der Waals surface area contributed by atoms with Crippen molar-refractivity contribution in [3.63, 3.8) is 0 Å². The van der Waals surface area contributed by atoms with Crippen LogP contribution >= 0.6 is 15.9 Å². The summed E-state index contributed by atoms with van der Waals surface area (Å²) < 4.78 is 6.74. The fourth-order valence-electron chi connectivity index (χ4n) is 3.59. The van der Waals surface area contributed by atoms with E-state index in [-0.39, 0.29) is 12.0 Å². The van der Waals surface area contributed by atoms with Crippen molar-refractivity contribution in [2.75, 3.05) is 20.2 Å². The lowest BCUT2D eigenvalue weighted by atomic mass is 10.0. The van der Waals surface area contributed by atoms with Gasteiger partial charge in [0.15, 0.2) is 0 Å². The average Bonchev–Trinajstić information content (AvgIpc) is 2.74. The van der Waals surface area contributed by atoms with Crippen LogP contribution in [0.2, 0.25) is 0 Å². The van der Waals surface area contributed by atoms with E-state index in [0.717, 1.165) is 52.5 Å². The van der Waals surface area contributed by atoms with Crippen LogP contribution in [0.1, 0.15) is 29.6 Å². The Balaban J connectivity index is 1.73. The molecule has 1 fully saturated rings. The van der Waals surface area contributed by atoms with E-state index in [2.05, 4.69) is 20.9 Å². The fraction of sp³-hybridized carbons (Fsp3) is 0.318. The van der Waals surface area contributed by atoms with Crippen LogP contribution in [0.3, 0.4) is 0 Å². The second-order valence-corrected chi connectivity index (χ2v) is 8.04. The van der Waals surface area contributed by atoms with Crippen molar-refractivity contribution in [3.8, 4) is 11.3 Å². The van der Waals surface area contributed by atoms with Crippen LogP contribution in [-0.2, 0) is 4.74 Å². The Morgan fingerprint density at radius 2 is 2.04 bits per heavy atom. The molecule has 0 radical (unpaired) electrons. The molecule has 0 bridgehead atoms. The zero-order chi connectivity index (χ0) is 19.5. The number of benzene rings is 1. The zero-order valence-corrected chi connectivity index (χ0v) is 17.4. The molecule has 0 aliphatic carbocycles. The number of hydrogen-bond donors (Lipinski definition) is 0. The summed E-state index contributed by atoms with van der Waals surface area (Å²) in [6.45, 7) is 1.38. The lowest BCUT2D eigenvalue weighted by molar-refractivity contribution is -0.000152. The molecule has 28 heavy (non-hydrogen) atoms. The molecule has 144 valence electrons. The highest BCUT2D eigenvalue weighted by Gasteiger charge is 2.22. The third-order valence-electron chi connectivity index (χ3n) is 5.08. The number of carbonyl (C=O) groups excluding carboxylic acids is 1. The topological polar surface area (TPSA) is 55.3 Å². The van der Waals surface area contributed by atoms with Gasteiger partial charge in [0.25, 0.3) is 5.91 Å². The molecule has 1 atom stereocenters. The first-order valence-corrected chi connectivity index (χ1v) is 10.3. The van der Waals surface area contributed by atoms with E-state index in [4.69, 9.17) is 9.72 Å². The molecule has 1 saturated heterocycles. The SMILES string of the molecule is CN(CC1CCCCO1)C(=O)c1cc(-c2ccncc2)nc2ccc(Br)cc12. The van der Waals surface area contributed by atoms with E-state index in [1.54, 1.807) is 17.3 Å². The van der Waals surface area contributed by atoms with Gasteiger partial charge in [-0.15, -0.1) is 0 Å². The van der Waals surface area contributed by atoms with Gasteiger partial charge < -0.3 is 9.64 Å². The van der Waals surface area contributed by atoms with Gasteiger partial charge in [0, 0.05) is 48.0 Å². The summed E-state index contributed by atoms with van der Waals surface area (Å²) in [4.78, 5) is 23.9. The number of fused-ring (bicyclic) bond motifs is 1. The lowest BCUT2D eigenvalue weighted by Gasteiger charge is -2.27. The van der Waals surface area contributed by atoms with Gasteiger partial charge in [-0.3, -0.25) is 9.78 Å². The number of likely N-dealkylation sites (N-methyl/N-ethyl adjacent to an activating group) is 1. The van der Waals surface area contributed by atoms with E-state index in [9.17, 15) is 4.79 Å². The number of halogens is 1. The van der Waals surface area contributed by atoms with Crippen LogP contribution in [0.15, 0.2) is 53.3 Å². The predicted octanol–water partition coefficient (Wildman–Crippen LogP) is 4.70. The van der Waals surface area contributed by atoms with Crippen LogP contribution in [0, 0.1) is 0 Å². The smallest absolute Gasteiger partial charge is 0.254 e. The first-order valence-electron chi connectivity index (χ1n) is 9.49. The molecule has 0 N–H and O–H groups in total. The van der Waals surface area contributed by atoms with Crippen LogP contribution in [0.5, 0.6) is 0 Å². The number of amides is 1. The van der Waals surface area contributed by atoms with Gasteiger partial charge in [-0.2, -0.15) is 0 Å². The second kappa shape index (κ2) is 8.37. The minimum atomic E-state index is -0.0185. The molecule has 6 heteroatoms. The van der Waals surface area contributed by atoms with Gasteiger partial charge in [0.1, 0.15) is 0 Å². The molecule has 0 saturated carbocycles. The van der Waals surface area contributed by atoms with Gasteiger partial charge in [0.2, 0.25) is 0 Å². The van der Waals surface area contributed by atoms with Crippen molar-refractivity contribution in [2.45, 2.75) is 25.4 Å². The van der Waals surface area contributed by atoms with Crippen LogP contribution < -0.4 is 0 Å². The first kappa shape index (κ1) is 19.0. The molecule has 3 heterocycles. The molecule has 0 spiro atoms. The molecule has 2 aromatic heterocycles. The Bertz CT molecular complexity index is 988. The largest absolute Gasteiger partial charge is 0.376 e.